The van der Waals surface area contributed by atoms with Gasteiger partial charge in [-0.2, -0.15) is 0 Å². The zero-order valence-electron chi connectivity index (χ0n) is 16.5. The van der Waals surface area contributed by atoms with Crippen molar-refractivity contribution in [2.45, 2.75) is 33.3 Å². The monoisotopic (exact) mass is 381 g/mol. The van der Waals surface area contributed by atoms with Crippen LogP contribution in [0.15, 0.2) is 48.5 Å². The van der Waals surface area contributed by atoms with Gasteiger partial charge in [-0.25, -0.2) is 0 Å². The van der Waals surface area contributed by atoms with Crippen molar-refractivity contribution in [2.75, 3.05) is 19.7 Å². The fraction of sp³-hybridized carbons (Fsp3) is 0.391. The van der Waals surface area contributed by atoms with Crippen molar-refractivity contribution in [1.29, 1.82) is 0 Å². The second-order valence-electron chi connectivity index (χ2n) is 7.12. The highest BCUT2D eigenvalue weighted by molar-refractivity contribution is 5.94. The molecule has 0 aliphatic carbocycles. The summed E-state index contributed by atoms with van der Waals surface area (Å²) in [6, 6.07) is 15.5. The first kappa shape index (κ1) is 19.9. The summed E-state index contributed by atoms with van der Waals surface area (Å²) < 4.78 is 11.0. The maximum absolute atomic E-state index is 12.8. The minimum absolute atomic E-state index is 0.0247. The van der Waals surface area contributed by atoms with Gasteiger partial charge in [0.05, 0.1) is 12.5 Å². The highest BCUT2D eigenvalue weighted by Crippen LogP contribution is 2.22. The highest BCUT2D eigenvalue weighted by atomic mass is 16.5. The number of esters is 1. The lowest BCUT2D eigenvalue weighted by molar-refractivity contribution is -0.149. The smallest absolute Gasteiger partial charge is 0.309 e. The van der Waals surface area contributed by atoms with E-state index >= 15 is 0 Å². The molecule has 1 amide bonds. The van der Waals surface area contributed by atoms with Gasteiger partial charge in [-0.15, -0.1) is 0 Å². The predicted molar refractivity (Wildman–Crippen MR) is 107 cm³/mol. The zero-order chi connectivity index (χ0) is 19.9. The topological polar surface area (TPSA) is 55.8 Å². The maximum Gasteiger partial charge on any atom is 0.309 e. The molecule has 2 aromatic carbocycles. The van der Waals surface area contributed by atoms with E-state index < -0.39 is 0 Å². The van der Waals surface area contributed by atoms with Gasteiger partial charge in [-0.05, 0) is 50.5 Å². The lowest BCUT2D eigenvalue weighted by atomic mass is 9.96. The van der Waals surface area contributed by atoms with Crippen molar-refractivity contribution in [3.05, 3.63) is 65.2 Å². The van der Waals surface area contributed by atoms with Crippen LogP contribution in [0, 0.1) is 12.8 Å². The number of rotatable bonds is 6. The number of ether oxygens (including phenoxy) is 2. The average molecular weight is 381 g/mol. The Bertz CT molecular complexity index is 825. The number of nitrogens with zero attached hydrogens (tertiary/aromatic N) is 1. The van der Waals surface area contributed by atoms with Crippen LogP contribution in [0.4, 0.5) is 0 Å². The van der Waals surface area contributed by atoms with E-state index in [0.29, 0.717) is 50.5 Å². The lowest BCUT2D eigenvalue weighted by Gasteiger charge is -2.31. The molecule has 3 rings (SSSR count). The summed E-state index contributed by atoms with van der Waals surface area (Å²) in [4.78, 5) is 26.5. The van der Waals surface area contributed by atoms with Crippen LogP contribution in [0.25, 0.3) is 0 Å². The number of carbonyl (C=O) groups excluding carboxylic acids is 2. The first-order valence-electron chi connectivity index (χ1n) is 9.81. The van der Waals surface area contributed by atoms with Crippen LogP contribution in [-0.2, 0) is 16.1 Å². The molecular formula is C23H27NO4. The van der Waals surface area contributed by atoms with E-state index in [4.69, 9.17) is 9.47 Å². The molecule has 1 aliphatic heterocycles. The summed E-state index contributed by atoms with van der Waals surface area (Å²) >= 11 is 0. The van der Waals surface area contributed by atoms with Crippen LogP contribution in [0.1, 0.15) is 41.3 Å². The molecule has 148 valence electrons. The third-order valence-corrected chi connectivity index (χ3v) is 4.97. The van der Waals surface area contributed by atoms with Crippen molar-refractivity contribution < 1.29 is 19.1 Å². The summed E-state index contributed by atoms with van der Waals surface area (Å²) in [5.41, 5.74) is 2.89. The molecule has 0 saturated carbocycles. The fourth-order valence-corrected chi connectivity index (χ4v) is 3.45. The van der Waals surface area contributed by atoms with Crippen molar-refractivity contribution in [2.24, 2.45) is 5.92 Å². The normalized spacial score (nSPS) is 14.6. The number of hydrogen-bond acceptors (Lipinski definition) is 4. The molecule has 0 bridgehead atoms. The summed E-state index contributed by atoms with van der Waals surface area (Å²) in [6.45, 7) is 5.85. The van der Waals surface area contributed by atoms with Crippen molar-refractivity contribution in [3.63, 3.8) is 0 Å². The molecule has 1 fully saturated rings. The largest absolute Gasteiger partial charge is 0.489 e. The van der Waals surface area contributed by atoms with Gasteiger partial charge in [0, 0.05) is 18.7 Å². The number of aryl methyl sites for hydroxylation is 1. The van der Waals surface area contributed by atoms with Crippen molar-refractivity contribution >= 4 is 11.9 Å². The molecule has 5 heteroatoms. The van der Waals surface area contributed by atoms with Gasteiger partial charge < -0.3 is 14.4 Å². The molecule has 28 heavy (non-hydrogen) atoms. The molecule has 2 aromatic rings. The zero-order valence-corrected chi connectivity index (χ0v) is 16.5. The number of amides is 1. The Kier molecular flexibility index (Phi) is 6.69. The molecule has 0 spiro atoms. The summed E-state index contributed by atoms with van der Waals surface area (Å²) in [5.74, 6) is 0.395. The number of piperidine rings is 1. The van der Waals surface area contributed by atoms with Crippen molar-refractivity contribution in [3.8, 4) is 5.75 Å². The Hall–Kier alpha value is -2.82. The molecule has 0 atom stereocenters. The Labute approximate surface area is 166 Å². The average Bonchev–Trinajstić information content (AvgIpc) is 2.72. The van der Waals surface area contributed by atoms with Crippen LogP contribution in [0.2, 0.25) is 0 Å². The Morgan fingerprint density at radius 2 is 1.82 bits per heavy atom. The van der Waals surface area contributed by atoms with Gasteiger partial charge in [-0.3, -0.25) is 9.59 Å². The Morgan fingerprint density at radius 1 is 1.07 bits per heavy atom. The maximum atomic E-state index is 12.8. The van der Waals surface area contributed by atoms with E-state index in [1.54, 1.807) is 17.0 Å². The predicted octanol–water partition coefficient (Wildman–Crippen LogP) is 3.99. The van der Waals surface area contributed by atoms with E-state index in [2.05, 4.69) is 6.07 Å². The number of likely N-dealkylation sites (tertiary alicyclic amines) is 1. The van der Waals surface area contributed by atoms with Gasteiger partial charge >= 0.3 is 5.97 Å². The standard InChI is InChI=1S/C23H27NO4/c1-3-27-23(26)19-10-12-24(13-11-19)22(25)20-8-5-9-21(15-20)28-16-18-7-4-6-17(2)14-18/h4-9,14-15,19H,3,10-13,16H2,1-2H3. The van der Waals surface area contributed by atoms with Crippen LogP contribution < -0.4 is 4.74 Å². The van der Waals surface area contributed by atoms with Crippen LogP contribution in [0.3, 0.4) is 0 Å². The van der Waals surface area contributed by atoms with Crippen molar-refractivity contribution in [1.82, 2.24) is 4.90 Å². The SMILES string of the molecule is CCOC(=O)C1CCN(C(=O)c2cccc(OCc3cccc(C)c3)c2)CC1. The van der Waals surface area contributed by atoms with Crippen LogP contribution in [-0.4, -0.2) is 36.5 Å². The molecular weight excluding hydrogens is 354 g/mol. The number of carbonyl (C=O) groups is 2. The van der Waals surface area contributed by atoms with Gasteiger partial charge in [0.1, 0.15) is 12.4 Å². The van der Waals surface area contributed by atoms with E-state index in [0.717, 1.165) is 5.56 Å². The molecule has 1 saturated heterocycles. The van der Waals surface area contributed by atoms with Gasteiger partial charge in [-0.1, -0.05) is 35.9 Å². The molecule has 1 heterocycles. The second kappa shape index (κ2) is 9.40. The van der Waals surface area contributed by atoms with Gasteiger partial charge in [0.2, 0.25) is 0 Å². The molecule has 1 aliphatic rings. The van der Waals surface area contributed by atoms with Gasteiger partial charge in [0.15, 0.2) is 0 Å². The first-order valence-corrected chi connectivity index (χ1v) is 9.81. The molecule has 5 nitrogen and oxygen atoms in total. The number of benzene rings is 2. The minimum Gasteiger partial charge on any atom is -0.489 e. The molecule has 0 N–H and O–H groups in total. The third kappa shape index (κ3) is 5.12. The summed E-state index contributed by atoms with van der Waals surface area (Å²) in [5, 5.41) is 0. The Balaban J connectivity index is 1.57. The van der Waals surface area contributed by atoms with Crippen LogP contribution >= 0.6 is 0 Å². The lowest BCUT2D eigenvalue weighted by Crippen LogP contribution is -2.40. The molecule has 0 radical (unpaired) electrons. The summed E-state index contributed by atoms with van der Waals surface area (Å²) in [7, 11) is 0. The quantitative estimate of drug-likeness (QED) is 0.710. The van der Waals surface area contributed by atoms with E-state index in [9.17, 15) is 9.59 Å². The highest BCUT2D eigenvalue weighted by Gasteiger charge is 2.28. The van der Waals surface area contributed by atoms with Gasteiger partial charge in [0.25, 0.3) is 5.91 Å². The minimum atomic E-state index is -0.152. The van der Waals surface area contributed by atoms with Crippen LogP contribution in [0.5, 0.6) is 5.75 Å². The first-order chi connectivity index (χ1) is 13.6. The number of hydrogen-bond donors (Lipinski definition) is 0. The second-order valence-corrected chi connectivity index (χ2v) is 7.12. The summed E-state index contributed by atoms with van der Waals surface area (Å²) in [6.07, 6.45) is 1.29. The fourth-order valence-electron chi connectivity index (χ4n) is 3.45. The Morgan fingerprint density at radius 3 is 2.54 bits per heavy atom. The van der Waals surface area contributed by atoms with E-state index in [-0.39, 0.29) is 17.8 Å². The van der Waals surface area contributed by atoms with E-state index in [1.165, 1.54) is 5.56 Å². The van der Waals surface area contributed by atoms with E-state index in [1.807, 2.05) is 44.2 Å². The third-order valence-electron chi connectivity index (χ3n) is 4.97. The molecule has 0 aromatic heterocycles. The molecule has 0 unspecified atom stereocenters.